The van der Waals surface area contributed by atoms with Crippen LogP contribution in [0.3, 0.4) is 0 Å². The number of hydrogen-bond donors (Lipinski definition) is 1. The smallest absolute Gasteiger partial charge is 0.243 e. The van der Waals surface area contributed by atoms with Gasteiger partial charge in [0.1, 0.15) is 6.04 Å². The second kappa shape index (κ2) is 16.0. The van der Waals surface area contributed by atoms with Gasteiger partial charge in [0.15, 0.2) is 0 Å². The summed E-state index contributed by atoms with van der Waals surface area (Å²) in [4.78, 5) is 29.1. The first kappa shape index (κ1) is 33.4. The Morgan fingerprint density at radius 2 is 1.57 bits per heavy atom. The second-order valence-electron chi connectivity index (χ2n) is 10.4. The average Bonchev–Trinajstić information content (AvgIpc) is 2.95. The topological polar surface area (TPSA) is 86.8 Å². The van der Waals surface area contributed by atoms with Gasteiger partial charge in [-0.1, -0.05) is 85.1 Å². The zero-order valence-electron chi connectivity index (χ0n) is 24.4. The largest absolute Gasteiger partial charge is 0.354 e. The summed E-state index contributed by atoms with van der Waals surface area (Å²) < 4.78 is 26.7. The lowest BCUT2D eigenvalue weighted by atomic mass is 10.0. The van der Waals surface area contributed by atoms with Crippen LogP contribution < -0.4 is 9.62 Å². The Morgan fingerprint density at radius 1 is 0.905 bits per heavy atom. The molecule has 42 heavy (non-hydrogen) atoms. The normalized spacial score (nSPS) is 12.0. The fourth-order valence-electron chi connectivity index (χ4n) is 4.68. The van der Waals surface area contributed by atoms with Gasteiger partial charge in [0.25, 0.3) is 0 Å². The van der Waals surface area contributed by atoms with Crippen molar-refractivity contribution >= 4 is 50.7 Å². The van der Waals surface area contributed by atoms with Gasteiger partial charge in [-0.05, 0) is 60.7 Å². The van der Waals surface area contributed by atoms with Crippen LogP contribution in [0.15, 0.2) is 72.8 Å². The van der Waals surface area contributed by atoms with E-state index in [-0.39, 0.29) is 37.7 Å². The molecule has 0 spiro atoms. The Hall–Kier alpha value is -3.07. The summed E-state index contributed by atoms with van der Waals surface area (Å²) in [5.74, 6) is -0.463. The highest BCUT2D eigenvalue weighted by molar-refractivity contribution is 7.92. The summed E-state index contributed by atoms with van der Waals surface area (Å²) in [5.41, 5.74) is 3.00. The van der Waals surface area contributed by atoms with Crippen molar-refractivity contribution in [2.24, 2.45) is 0 Å². The van der Waals surface area contributed by atoms with Crippen molar-refractivity contribution in [3.63, 3.8) is 0 Å². The molecule has 226 valence electrons. The van der Waals surface area contributed by atoms with Crippen molar-refractivity contribution in [1.29, 1.82) is 0 Å². The Labute approximate surface area is 259 Å². The predicted octanol–water partition coefficient (Wildman–Crippen LogP) is 6.40. The van der Waals surface area contributed by atoms with Crippen molar-refractivity contribution in [3.8, 4) is 0 Å². The monoisotopic (exact) mass is 631 g/mol. The predicted molar refractivity (Wildman–Crippen MR) is 171 cm³/mol. The van der Waals surface area contributed by atoms with Crippen LogP contribution in [0.1, 0.15) is 49.3 Å². The maximum atomic E-state index is 13.9. The van der Waals surface area contributed by atoms with Gasteiger partial charge in [-0.15, -0.1) is 0 Å². The van der Waals surface area contributed by atoms with Crippen LogP contribution in [-0.2, 0) is 32.6 Å². The summed E-state index contributed by atoms with van der Waals surface area (Å²) in [5, 5.41) is 4.01. The Balaban J connectivity index is 1.88. The van der Waals surface area contributed by atoms with Crippen molar-refractivity contribution < 1.29 is 18.0 Å². The van der Waals surface area contributed by atoms with Gasteiger partial charge in [0.05, 0.1) is 11.9 Å². The Morgan fingerprint density at radius 3 is 2.21 bits per heavy atom. The third-order valence-corrected chi connectivity index (χ3v) is 8.63. The molecule has 0 aliphatic carbocycles. The minimum absolute atomic E-state index is 0.0484. The summed E-state index contributed by atoms with van der Waals surface area (Å²) in [6, 6.07) is 21.1. The molecule has 0 saturated carbocycles. The molecule has 0 aliphatic heterocycles. The number of carbonyl (C=O) groups is 2. The number of anilines is 1. The van der Waals surface area contributed by atoms with E-state index >= 15 is 0 Å². The van der Waals surface area contributed by atoms with E-state index in [2.05, 4.69) is 12.2 Å². The molecule has 10 heteroatoms. The molecule has 1 N–H and O–H groups in total. The molecule has 3 aromatic rings. The number of unbranched alkanes of at least 4 members (excludes halogenated alkanes) is 1. The van der Waals surface area contributed by atoms with E-state index in [4.69, 9.17) is 23.2 Å². The van der Waals surface area contributed by atoms with E-state index < -0.39 is 16.1 Å². The van der Waals surface area contributed by atoms with Crippen LogP contribution in [0.4, 0.5) is 5.69 Å². The van der Waals surface area contributed by atoms with Crippen LogP contribution in [-0.4, -0.2) is 50.5 Å². The van der Waals surface area contributed by atoms with E-state index in [1.54, 1.807) is 35.2 Å². The summed E-state index contributed by atoms with van der Waals surface area (Å²) >= 11 is 12.3. The van der Waals surface area contributed by atoms with Crippen molar-refractivity contribution in [3.05, 3.63) is 99.5 Å². The number of amides is 2. The summed E-state index contributed by atoms with van der Waals surface area (Å²) in [7, 11) is -3.64. The van der Waals surface area contributed by atoms with Crippen molar-refractivity contribution in [2.75, 3.05) is 23.7 Å². The molecule has 3 rings (SSSR count). The molecule has 0 bridgehead atoms. The third-order valence-electron chi connectivity index (χ3n) is 6.96. The molecule has 2 amide bonds. The van der Waals surface area contributed by atoms with E-state index in [1.807, 2.05) is 49.4 Å². The first-order valence-electron chi connectivity index (χ1n) is 14.1. The molecule has 0 saturated heterocycles. The van der Waals surface area contributed by atoms with Gasteiger partial charge in [0, 0.05) is 42.5 Å². The van der Waals surface area contributed by atoms with E-state index in [0.717, 1.165) is 35.8 Å². The highest BCUT2D eigenvalue weighted by Crippen LogP contribution is 2.27. The minimum atomic E-state index is -3.64. The van der Waals surface area contributed by atoms with Gasteiger partial charge in [-0.2, -0.15) is 0 Å². The molecule has 0 radical (unpaired) electrons. The molecular formula is C32H39Cl2N3O4S. The lowest BCUT2D eigenvalue weighted by Crippen LogP contribution is -2.50. The molecule has 7 nitrogen and oxygen atoms in total. The SMILES string of the molecule is CCCCNC(=O)C(Cc1ccccc1)N(Cc1ccc(Cl)cc1)C(=O)CCCN(c1cc(Cl)ccc1C)S(C)(=O)=O. The number of halogens is 2. The number of aryl methyl sites for hydroxylation is 1. The molecule has 3 aromatic carbocycles. The van der Waals surface area contributed by atoms with Crippen LogP contribution >= 0.6 is 23.2 Å². The fraction of sp³-hybridized carbons (Fsp3) is 0.375. The Bertz CT molecular complexity index is 1430. The van der Waals surface area contributed by atoms with Gasteiger partial charge >= 0.3 is 0 Å². The van der Waals surface area contributed by atoms with Crippen LogP contribution in [0.2, 0.25) is 10.0 Å². The summed E-state index contributed by atoms with van der Waals surface area (Å²) in [6.45, 7) is 4.68. The third kappa shape index (κ3) is 10.0. The summed E-state index contributed by atoms with van der Waals surface area (Å²) in [6.07, 6.45) is 3.55. The van der Waals surface area contributed by atoms with Gasteiger partial charge in [-0.25, -0.2) is 8.42 Å². The van der Waals surface area contributed by atoms with Gasteiger partial charge in [0.2, 0.25) is 21.8 Å². The lowest BCUT2D eigenvalue weighted by Gasteiger charge is -2.32. The number of hydrogen-bond acceptors (Lipinski definition) is 4. The number of carbonyl (C=O) groups excluding carboxylic acids is 2. The maximum Gasteiger partial charge on any atom is 0.243 e. The van der Waals surface area contributed by atoms with E-state index in [9.17, 15) is 18.0 Å². The highest BCUT2D eigenvalue weighted by Gasteiger charge is 2.30. The Kier molecular flexibility index (Phi) is 12.7. The van der Waals surface area contributed by atoms with E-state index in [1.165, 1.54) is 4.31 Å². The molecule has 0 aromatic heterocycles. The molecule has 0 fully saturated rings. The lowest BCUT2D eigenvalue weighted by molar-refractivity contribution is -0.141. The quantitative estimate of drug-likeness (QED) is 0.197. The number of sulfonamides is 1. The molecule has 0 heterocycles. The average molecular weight is 633 g/mol. The first-order chi connectivity index (χ1) is 20.0. The first-order valence-corrected chi connectivity index (χ1v) is 16.7. The maximum absolute atomic E-state index is 13.9. The molecule has 1 unspecified atom stereocenters. The van der Waals surface area contributed by atoms with Gasteiger partial charge in [-0.3, -0.25) is 13.9 Å². The standard InChI is InChI=1S/C32H39Cl2N3O4S/c1-4-5-19-35-32(39)30(21-25-10-7-6-8-11-25)36(23-26-14-17-27(33)18-15-26)31(38)12-9-20-37(42(3,40)41)29-22-28(34)16-13-24(29)2/h6-8,10-11,13-18,22,30H,4-5,9,12,19-21,23H2,1-3H3,(H,35,39). The number of rotatable bonds is 15. The molecule has 0 aliphatic rings. The zero-order chi connectivity index (χ0) is 30.7. The zero-order valence-corrected chi connectivity index (χ0v) is 26.7. The van der Waals surface area contributed by atoms with Crippen LogP contribution in [0.25, 0.3) is 0 Å². The minimum Gasteiger partial charge on any atom is -0.354 e. The number of benzene rings is 3. The number of nitrogens with zero attached hydrogens (tertiary/aromatic N) is 2. The van der Waals surface area contributed by atoms with Crippen LogP contribution in [0.5, 0.6) is 0 Å². The second-order valence-corrected chi connectivity index (χ2v) is 13.1. The van der Waals surface area contributed by atoms with Crippen LogP contribution in [0, 0.1) is 6.92 Å². The molecular weight excluding hydrogens is 593 g/mol. The van der Waals surface area contributed by atoms with E-state index in [0.29, 0.717) is 28.7 Å². The fourth-order valence-corrected chi connectivity index (χ4v) is 5.99. The highest BCUT2D eigenvalue weighted by atomic mass is 35.5. The van der Waals surface area contributed by atoms with Crippen molar-refractivity contribution in [1.82, 2.24) is 10.2 Å². The van der Waals surface area contributed by atoms with Crippen molar-refractivity contribution in [2.45, 2.75) is 58.5 Å². The number of nitrogens with one attached hydrogen (secondary N) is 1. The molecule has 1 atom stereocenters. The van der Waals surface area contributed by atoms with Gasteiger partial charge < -0.3 is 10.2 Å².